The number of rotatable bonds is 4. The predicted octanol–water partition coefficient (Wildman–Crippen LogP) is 3.29. The molecule has 0 aliphatic heterocycles. The van der Waals surface area contributed by atoms with Crippen molar-refractivity contribution >= 4 is 34.5 Å². The molecule has 0 fully saturated rings. The number of hydrogen-bond donors (Lipinski definition) is 0. The normalized spacial score (nSPS) is 10.4. The standard InChI is InChI=1S/C13H12ClN3O3S/c1-8-15-10(7-21-8)6-16(2)13(18)9-3-4-11(14)12(5-9)17(19)20/h3-5,7H,6H2,1-2H3. The fraction of sp³-hybridized carbons (Fsp3) is 0.231. The van der Waals surface area contributed by atoms with E-state index in [9.17, 15) is 14.9 Å². The molecule has 0 unspecified atom stereocenters. The maximum atomic E-state index is 12.3. The summed E-state index contributed by atoms with van der Waals surface area (Å²) in [4.78, 5) is 28.3. The molecular formula is C13H12ClN3O3S. The molecule has 0 saturated heterocycles. The summed E-state index contributed by atoms with van der Waals surface area (Å²) in [6.07, 6.45) is 0. The largest absolute Gasteiger partial charge is 0.336 e. The monoisotopic (exact) mass is 325 g/mol. The summed E-state index contributed by atoms with van der Waals surface area (Å²) >= 11 is 7.24. The van der Waals surface area contributed by atoms with Gasteiger partial charge in [-0.3, -0.25) is 14.9 Å². The van der Waals surface area contributed by atoms with E-state index >= 15 is 0 Å². The highest BCUT2D eigenvalue weighted by molar-refractivity contribution is 7.09. The van der Waals surface area contributed by atoms with Gasteiger partial charge in [-0.1, -0.05) is 11.6 Å². The fourth-order valence-electron chi connectivity index (χ4n) is 1.80. The molecule has 0 saturated carbocycles. The Morgan fingerprint density at radius 1 is 1.52 bits per heavy atom. The Balaban J connectivity index is 2.19. The van der Waals surface area contributed by atoms with Crippen LogP contribution < -0.4 is 0 Å². The molecule has 1 aromatic heterocycles. The third kappa shape index (κ3) is 3.56. The average Bonchev–Trinajstić information content (AvgIpc) is 2.83. The third-order valence-electron chi connectivity index (χ3n) is 2.80. The van der Waals surface area contributed by atoms with E-state index in [1.54, 1.807) is 7.05 Å². The second-order valence-corrected chi connectivity index (χ2v) is 5.91. The zero-order valence-electron chi connectivity index (χ0n) is 11.4. The van der Waals surface area contributed by atoms with Crippen molar-refractivity contribution in [1.29, 1.82) is 0 Å². The lowest BCUT2D eigenvalue weighted by Gasteiger charge is -2.15. The highest BCUT2D eigenvalue weighted by Crippen LogP contribution is 2.25. The maximum absolute atomic E-state index is 12.3. The van der Waals surface area contributed by atoms with Gasteiger partial charge in [0.05, 0.1) is 22.2 Å². The number of halogens is 1. The molecule has 21 heavy (non-hydrogen) atoms. The molecule has 6 nitrogen and oxygen atoms in total. The molecule has 2 aromatic rings. The van der Waals surface area contributed by atoms with E-state index in [-0.39, 0.29) is 22.2 Å². The van der Waals surface area contributed by atoms with Crippen molar-refractivity contribution in [2.75, 3.05) is 7.05 Å². The lowest BCUT2D eigenvalue weighted by Crippen LogP contribution is -2.26. The van der Waals surface area contributed by atoms with Crippen LogP contribution >= 0.6 is 22.9 Å². The van der Waals surface area contributed by atoms with Gasteiger partial charge in [0, 0.05) is 24.1 Å². The Morgan fingerprint density at radius 2 is 2.24 bits per heavy atom. The van der Waals surface area contributed by atoms with Crippen molar-refractivity contribution in [2.24, 2.45) is 0 Å². The zero-order chi connectivity index (χ0) is 15.6. The van der Waals surface area contributed by atoms with E-state index in [0.29, 0.717) is 6.54 Å². The minimum absolute atomic E-state index is 0.00864. The summed E-state index contributed by atoms with van der Waals surface area (Å²) in [5.74, 6) is -0.319. The number of carbonyl (C=O) groups is 1. The maximum Gasteiger partial charge on any atom is 0.288 e. The van der Waals surface area contributed by atoms with Crippen LogP contribution in [0, 0.1) is 17.0 Å². The van der Waals surface area contributed by atoms with E-state index in [4.69, 9.17) is 11.6 Å². The van der Waals surface area contributed by atoms with E-state index in [1.807, 2.05) is 12.3 Å². The van der Waals surface area contributed by atoms with Crippen molar-refractivity contribution in [1.82, 2.24) is 9.88 Å². The minimum Gasteiger partial charge on any atom is -0.336 e. The van der Waals surface area contributed by atoms with Gasteiger partial charge >= 0.3 is 0 Å². The van der Waals surface area contributed by atoms with Crippen LogP contribution in [0.2, 0.25) is 5.02 Å². The number of thiazole rings is 1. The first-order chi connectivity index (χ1) is 9.88. The second kappa shape index (κ2) is 6.19. The zero-order valence-corrected chi connectivity index (χ0v) is 12.9. The Kier molecular flexibility index (Phi) is 4.54. The lowest BCUT2D eigenvalue weighted by molar-refractivity contribution is -0.384. The molecular weight excluding hydrogens is 314 g/mol. The molecule has 1 amide bonds. The molecule has 0 N–H and O–H groups in total. The molecule has 110 valence electrons. The Hall–Kier alpha value is -1.99. The van der Waals surface area contributed by atoms with E-state index in [2.05, 4.69) is 4.98 Å². The topological polar surface area (TPSA) is 76.3 Å². The number of amides is 1. The molecule has 0 radical (unpaired) electrons. The van der Waals surface area contributed by atoms with E-state index in [0.717, 1.165) is 10.7 Å². The number of aryl methyl sites for hydroxylation is 1. The number of benzene rings is 1. The lowest BCUT2D eigenvalue weighted by atomic mass is 10.1. The van der Waals surface area contributed by atoms with Gasteiger partial charge in [0.15, 0.2) is 0 Å². The first-order valence-corrected chi connectivity index (χ1v) is 7.24. The van der Waals surface area contributed by atoms with Gasteiger partial charge in [-0.25, -0.2) is 4.98 Å². The van der Waals surface area contributed by atoms with Crippen LogP contribution in [-0.2, 0) is 6.54 Å². The van der Waals surface area contributed by atoms with Crippen molar-refractivity contribution in [3.63, 3.8) is 0 Å². The first-order valence-electron chi connectivity index (χ1n) is 5.99. The SMILES string of the molecule is Cc1nc(CN(C)C(=O)c2ccc(Cl)c([N+](=O)[O-])c2)cs1. The molecule has 2 rings (SSSR count). The predicted molar refractivity (Wildman–Crippen MR) is 80.8 cm³/mol. The van der Waals surface area contributed by atoms with Crippen LogP contribution in [0.25, 0.3) is 0 Å². The molecule has 1 aromatic carbocycles. The molecule has 0 spiro atoms. The van der Waals surface area contributed by atoms with Crippen molar-refractivity contribution < 1.29 is 9.72 Å². The van der Waals surface area contributed by atoms with Gasteiger partial charge in [-0.15, -0.1) is 11.3 Å². The van der Waals surface area contributed by atoms with Gasteiger partial charge in [0.25, 0.3) is 11.6 Å². The van der Waals surface area contributed by atoms with E-state index in [1.165, 1.54) is 34.4 Å². The highest BCUT2D eigenvalue weighted by Gasteiger charge is 2.19. The summed E-state index contributed by atoms with van der Waals surface area (Å²) in [5, 5.41) is 13.7. The number of nitro benzene ring substituents is 1. The highest BCUT2D eigenvalue weighted by atomic mass is 35.5. The summed E-state index contributed by atoms with van der Waals surface area (Å²) in [6, 6.07) is 4.02. The fourth-order valence-corrected chi connectivity index (χ4v) is 2.59. The van der Waals surface area contributed by atoms with Crippen LogP contribution in [0.5, 0.6) is 0 Å². The number of nitrogens with zero attached hydrogens (tertiary/aromatic N) is 3. The van der Waals surface area contributed by atoms with Crippen LogP contribution in [0.3, 0.4) is 0 Å². The van der Waals surface area contributed by atoms with Gasteiger partial charge in [-0.05, 0) is 19.1 Å². The number of hydrogen-bond acceptors (Lipinski definition) is 5. The second-order valence-electron chi connectivity index (χ2n) is 4.44. The first kappa shape index (κ1) is 15.4. The van der Waals surface area contributed by atoms with E-state index < -0.39 is 4.92 Å². The molecule has 0 atom stereocenters. The summed E-state index contributed by atoms with van der Waals surface area (Å²) < 4.78 is 0. The average molecular weight is 326 g/mol. The van der Waals surface area contributed by atoms with Crippen LogP contribution in [0.1, 0.15) is 21.1 Å². The van der Waals surface area contributed by atoms with Crippen LogP contribution in [-0.4, -0.2) is 27.8 Å². The number of nitro groups is 1. The molecule has 0 aliphatic carbocycles. The quantitative estimate of drug-likeness (QED) is 0.638. The number of aromatic nitrogens is 1. The summed E-state index contributed by atoms with van der Waals surface area (Å²) in [7, 11) is 1.62. The van der Waals surface area contributed by atoms with Crippen molar-refractivity contribution in [2.45, 2.75) is 13.5 Å². The van der Waals surface area contributed by atoms with Gasteiger partial charge < -0.3 is 4.90 Å². The Labute approximate surface area is 130 Å². The van der Waals surface area contributed by atoms with Crippen LogP contribution in [0.15, 0.2) is 23.6 Å². The summed E-state index contributed by atoms with van der Waals surface area (Å²) in [5.41, 5.74) is 0.734. The third-order valence-corrected chi connectivity index (χ3v) is 3.94. The van der Waals surface area contributed by atoms with Gasteiger partial charge in [-0.2, -0.15) is 0 Å². The number of carbonyl (C=O) groups excluding carboxylic acids is 1. The van der Waals surface area contributed by atoms with Crippen molar-refractivity contribution in [3.8, 4) is 0 Å². The smallest absolute Gasteiger partial charge is 0.288 e. The van der Waals surface area contributed by atoms with Crippen molar-refractivity contribution in [3.05, 3.63) is 55.0 Å². The molecule has 1 heterocycles. The molecule has 0 bridgehead atoms. The Bertz CT molecular complexity index is 702. The minimum atomic E-state index is -0.608. The van der Waals surface area contributed by atoms with Crippen LogP contribution in [0.4, 0.5) is 5.69 Å². The van der Waals surface area contributed by atoms with Gasteiger partial charge in [0.1, 0.15) is 5.02 Å². The summed E-state index contributed by atoms with van der Waals surface area (Å²) in [6.45, 7) is 2.23. The molecule has 8 heteroatoms. The Morgan fingerprint density at radius 3 is 2.81 bits per heavy atom. The molecule has 0 aliphatic rings. The van der Waals surface area contributed by atoms with Gasteiger partial charge in [0.2, 0.25) is 0 Å².